The smallest absolute Gasteiger partial charge is 0.331 e. The average Bonchev–Trinajstić information content (AvgIpc) is 3.42. The first-order chi connectivity index (χ1) is 13.3. The third-order valence-corrected chi connectivity index (χ3v) is 4.94. The van der Waals surface area contributed by atoms with Crippen molar-refractivity contribution in [2.75, 3.05) is 5.32 Å². The van der Waals surface area contributed by atoms with Crippen LogP contribution < -0.4 is 5.32 Å². The van der Waals surface area contributed by atoms with Crippen molar-refractivity contribution >= 4 is 23.6 Å². The van der Waals surface area contributed by atoms with Crippen LogP contribution in [0.4, 0.5) is 10.1 Å². The van der Waals surface area contributed by atoms with E-state index in [0.29, 0.717) is 17.3 Å². The summed E-state index contributed by atoms with van der Waals surface area (Å²) < 4.78 is 21.0. The fourth-order valence-corrected chi connectivity index (χ4v) is 3.21. The van der Waals surface area contributed by atoms with Crippen molar-refractivity contribution in [3.05, 3.63) is 58.7 Å². The molecule has 1 amide bonds. The van der Waals surface area contributed by atoms with Crippen LogP contribution in [-0.4, -0.2) is 22.5 Å². The van der Waals surface area contributed by atoms with E-state index in [0.717, 1.165) is 11.3 Å². The monoisotopic (exact) mass is 384 g/mol. The number of hydrogen-bond acceptors (Lipinski definition) is 3. The molecule has 1 fully saturated rings. The second-order valence-corrected chi connectivity index (χ2v) is 7.29. The molecule has 1 saturated carbocycles. The molecule has 0 spiro atoms. The first kappa shape index (κ1) is 19.9. The lowest BCUT2D eigenvalue weighted by atomic mass is 10.2. The lowest BCUT2D eigenvalue weighted by Gasteiger charge is -2.12. The standard InChI is InChI=1S/C22H25FN2O3/c1-13-5-7-18(12-20(13)23)24-22(27)16(4)28-21(26)10-6-17-11-14(2)25(15(17)3)19-8-9-19/h5-7,10-12,16,19H,8-9H2,1-4H3,(H,24,27)/b10-6+/t16-/m0/s1. The summed E-state index contributed by atoms with van der Waals surface area (Å²) in [5.41, 5.74) is 4.07. The zero-order valence-electron chi connectivity index (χ0n) is 16.6. The molecule has 1 atom stereocenters. The van der Waals surface area contributed by atoms with Gasteiger partial charge in [-0.15, -0.1) is 0 Å². The largest absolute Gasteiger partial charge is 0.449 e. The summed E-state index contributed by atoms with van der Waals surface area (Å²) in [5.74, 6) is -1.53. The van der Waals surface area contributed by atoms with Gasteiger partial charge in [-0.1, -0.05) is 6.07 Å². The van der Waals surface area contributed by atoms with Crippen LogP contribution in [0.5, 0.6) is 0 Å². The maximum absolute atomic E-state index is 13.6. The maximum atomic E-state index is 13.6. The predicted octanol–water partition coefficient (Wildman–Crippen LogP) is 4.47. The first-order valence-corrected chi connectivity index (χ1v) is 9.40. The van der Waals surface area contributed by atoms with Crippen molar-refractivity contribution in [3.63, 3.8) is 0 Å². The van der Waals surface area contributed by atoms with Crippen molar-refractivity contribution in [2.45, 2.75) is 52.7 Å². The number of amides is 1. The number of anilines is 1. The summed E-state index contributed by atoms with van der Waals surface area (Å²) in [6.45, 7) is 7.21. The van der Waals surface area contributed by atoms with E-state index in [2.05, 4.69) is 16.8 Å². The van der Waals surface area contributed by atoms with Gasteiger partial charge in [0.1, 0.15) is 5.82 Å². The van der Waals surface area contributed by atoms with Gasteiger partial charge in [0.05, 0.1) is 0 Å². The van der Waals surface area contributed by atoms with Gasteiger partial charge < -0.3 is 14.6 Å². The molecule has 1 aromatic carbocycles. The van der Waals surface area contributed by atoms with Gasteiger partial charge in [0.2, 0.25) is 0 Å². The molecule has 1 heterocycles. The molecule has 148 valence electrons. The topological polar surface area (TPSA) is 60.3 Å². The first-order valence-electron chi connectivity index (χ1n) is 9.40. The molecule has 0 bridgehead atoms. The highest BCUT2D eigenvalue weighted by atomic mass is 19.1. The van der Waals surface area contributed by atoms with E-state index in [1.807, 2.05) is 13.0 Å². The summed E-state index contributed by atoms with van der Waals surface area (Å²) in [7, 11) is 0. The quantitative estimate of drug-likeness (QED) is 0.590. The molecule has 28 heavy (non-hydrogen) atoms. The number of benzene rings is 1. The molecule has 1 aromatic heterocycles. The third kappa shape index (κ3) is 4.50. The van der Waals surface area contributed by atoms with Gasteiger partial charge in [-0.2, -0.15) is 0 Å². The summed E-state index contributed by atoms with van der Waals surface area (Å²) >= 11 is 0. The molecule has 0 radical (unpaired) electrons. The Morgan fingerprint density at radius 2 is 1.96 bits per heavy atom. The predicted molar refractivity (Wildman–Crippen MR) is 107 cm³/mol. The molecular weight excluding hydrogens is 359 g/mol. The Labute approximate surface area is 164 Å². The van der Waals surface area contributed by atoms with Gasteiger partial charge in [0.15, 0.2) is 6.10 Å². The minimum Gasteiger partial charge on any atom is -0.449 e. The molecule has 5 nitrogen and oxygen atoms in total. The number of carbonyl (C=O) groups excluding carboxylic acids is 2. The number of hydrogen-bond donors (Lipinski definition) is 1. The lowest BCUT2D eigenvalue weighted by molar-refractivity contribution is -0.148. The Hall–Kier alpha value is -2.89. The van der Waals surface area contributed by atoms with Crippen molar-refractivity contribution in [1.29, 1.82) is 0 Å². The number of halogens is 1. The molecule has 2 aromatic rings. The molecule has 1 aliphatic carbocycles. The summed E-state index contributed by atoms with van der Waals surface area (Å²) in [4.78, 5) is 24.2. The molecule has 1 N–H and O–H groups in total. The van der Waals surface area contributed by atoms with Gasteiger partial charge in [-0.05, 0) is 75.9 Å². The molecule has 0 unspecified atom stereocenters. The van der Waals surface area contributed by atoms with Crippen LogP contribution in [0.1, 0.15) is 48.3 Å². The molecule has 1 aliphatic rings. The minimum absolute atomic E-state index is 0.319. The van der Waals surface area contributed by atoms with Crippen LogP contribution in [0.3, 0.4) is 0 Å². The molecule has 3 rings (SSSR count). The van der Waals surface area contributed by atoms with Crippen LogP contribution in [0.25, 0.3) is 6.08 Å². The van der Waals surface area contributed by atoms with E-state index in [-0.39, 0.29) is 0 Å². The van der Waals surface area contributed by atoms with E-state index in [1.54, 1.807) is 25.1 Å². The van der Waals surface area contributed by atoms with E-state index in [4.69, 9.17) is 4.74 Å². The highest BCUT2D eigenvalue weighted by Gasteiger charge is 2.26. The van der Waals surface area contributed by atoms with Crippen molar-refractivity contribution in [2.24, 2.45) is 0 Å². The van der Waals surface area contributed by atoms with Gasteiger partial charge in [0.25, 0.3) is 5.91 Å². The van der Waals surface area contributed by atoms with Gasteiger partial charge >= 0.3 is 5.97 Å². The second kappa shape index (κ2) is 8.00. The number of rotatable bonds is 6. The summed E-state index contributed by atoms with van der Waals surface area (Å²) in [5, 5.41) is 2.54. The Morgan fingerprint density at radius 3 is 2.61 bits per heavy atom. The number of aryl methyl sites for hydroxylation is 2. The summed E-state index contributed by atoms with van der Waals surface area (Å²) in [6.07, 6.45) is 4.43. The van der Waals surface area contributed by atoms with E-state index in [1.165, 1.54) is 37.6 Å². The summed E-state index contributed by atoms with van der Waals surface area (Å²) in [6, 6.07) is 7.02. The Bertz CT molecular complexity index is 941. The zero-order valence-corrected chi connectivity index (χ0v) is 16.6. The van der Waals surface area contributed by atoms with Gasteiger partial charge in [-0.25, -0.2) is 9.18 Å². The van der Waals surface area contributed by atoms with Crippen molar-refractivity contribution in [1.82, 2.24) is 4.57 Å². The Morgan fingerprint density at radius 1 is 1.25 bits per heavy atom. The Kier molecular flexibility index (Phi) is 5.68. The van der Waals surface area contributed by atoms with Crippen LogP contribution in [0.15, 0.2) is 30.3 Å². The second-order valence-electron chi connectivity index (χ2n) is 7.29. The molecule has 0 aliphatic heterocycles. The van der Waals surface area contributed by atoms with Gasteiger partial charge in [-0.3, -0.25) is 4.79 Å². The molecular formula is C22H25FN2O3. The average molecular weight is 384 g/mol. The van der Waals surface area contributed by atoms with Crippen LogP contribution in [-0.2, 0) is 14.3 Å². The number of carbonyl (C=O) groups is 2. The number of nitrogens with one attached hydrogen (secondary N) is 1. The van der Waals surface area contributed by atoms with Crippen molar-refractivity contribution < 1.29 is 18.7 Å². The highest BCUT2D eigenvalue weighted by molar-refractivity contribution is 5.96. The van der Waals surface area contributed by atoms with E-state index >= 15 is 0 Å². The lowest BCUT2D eigenvalue weighted by Crippen LogP contribution is -2.29. The van der Waals surface area contributed by atoms with Crippen LogP contribution in [0.2, 0.25) is 0 Å². The number of esters is 1. The highest BCUT2D eigenvalue weighted by Crippen LogP contribution is 2.38. The number of nitrogens with zero attached hydrogens (tertiary/aromatic N) is 1. The van der Waals surface area contributed by atoms with Crippen molar-refractivity contribution in [3.8, 4) is 0 Å². The fraction of sp³-hybridized carbons (Fsp3) is 0.364. The number of aromatic nitrogens is 1. The molecule has 0 saturated heterocycles. The van der Waals surface area contributed by atoms with Crippen LogP contribution in [0, 0.1) is 26.6 Å². The normalized spacial score (nSPS) is 14.9. The van der Waals surface area contributed by atoms with E-state index in [9.17, 15) is 14.0 Å². The van der Waals surface area contributed by atoms with Crippen LogP contribution >= 0.6 is 0 Å². The zero-order chi connectivity index (χ0) is 20.4. The fourth-order valence-electron chi connectivity index (χ4n) is 3.21. The SMILES string of the molecule is Cc1ccc(NC(=O)[C@H](C)OC(=O)/C=C/c2cc(C)n(C3CC3)c2C)cc1F. The maximum Gasteiger partial charge on any atom is 0.331 e. The van der Waals surface area contributed by atoms with Gasteiger partial charge in [0, 0.05) is 29.2 Å². The minimum atomic E-state index is -1.000. The van der Waals surface area contributed by atoms with E-state index < -0.39 is 23.8 Å². The Balaban J connectivity index is 1.57. The third-order valence-electron chi connectivity index (χ3n) is 4.94. The molecule has 6 heteroatoms. The number of ether oxygens (including phenoxy) is 1.